The Labute approximate surface area is 123 Å². The van der Waals surface area contributed by atoms with Crippen LogP contribution >= 0.6 is 0 Å². The summed E-state index contributed by atoms with van der Waals surface area (Å²) in [6, 6.07) is 0. The molecular weight excluding hydrogens is 274 g/mol. The number of carbonyl (C=O) groups is 3. The molecule has 2 unspecified atom stereocenters. The fraction of sp³-hybridized carbons (Fsp3) is 0.643. The molecule has 0 spiro atoms. The van der Waals surface area contributed by atoms with Crippen LogP contribution in [0, 0.1) is 11.8 Å². The van der Waals surface area contributed by atoms with Crippen molar-refractivity contribution in [2.24, 2.45) is 11.8 Å². The summed E-state index contributed by atoms with van der Waals surface area (Å²) < 4.78 is 0. The first-order valence-electron chi connectivity index (χ1n) is 7.14. The Hall–Kier alpha value is -1.89. The number of hydrogen-bond donors (Lipinski definition) is 2. The molecule has 0 aromatic carbocycles. The predicted octanol–water partition coefficient (Wildman–Crippen LogP) is -0.846. The summed E-state index contributed by atoms with van der Waals surface area (Å²) in [6.07, 6.45) is 2.08. The van der Waals surface area contributed by atoms with Gasteiger partial charge in [-0.1, -0.05) is 6.08 Å². The molecule has 1 saturated carbocycles. The lowest BCUT2D eigenvalue weighted by Crippen LogP contribution is -2.51. The lowest BCUT2D eigenvalue weighted by Gasteiger charge is -2.34. The minimum Gasteiger partial charge on any atom is -0.481 e. The normalized spacial score (nSPS) is 25.2. The van der Waals surface area contributed by atoms with E-state index in [1.165, 1.54) is 0 Å². The van der Waals surface area contributed by atoms with E-state index in [1.54, 1.807) is 11.0 Å². The van der Waals surface area contributed by atoms with Crippen LogP contribution in [0.1, 0.15) is 6.42 Å². The Kier molecular flexibility index (Phi) is 4.95. The molecule has 2 atom stereocenters. The summed E-state index contributed by atoms with van der Waals surface area (Å²) in [5, 5.41) is 11.6. The average molecular weight is 295 g/mol. The van der Waals surface area contributed by atoms with Crippen LogP contribution in [-0.4, -0.2) is 72.0 Å². The van der Waals surface area contributed by atoms with Gasteiger partial charge in [-0.05, 0) is 6.42 Å². The number of carboxylic acids is 1. The maximum Gasteiger partial charge on any atom is 0.307 e. The van der Waals surface area contributed by atoms with Crippen molar-refractivity contribution in [1.82, 2.24) is 15.1 Å². The van der Waals surface area contributed by atoms with Crippen molar-refractivity contribution in [3.05, 3.63) is 12.7 Å². The molecule has 21 heavy (non-hydrogen) atoms. The van der Waals surface area contributed by atoms with Gasteiger partial charge in [0.25, 0.3) is 0 Å². The van der Waals surface area contributed by atoms with Gasteiger partial charge in [-0.25, -0.2) is 0 Å². The minimum atomic E-state index is -0.883. The van der Waals surface area contributed by atoms with Gasteiger partial charge in [0.15, 0.2) is 0 Å². The zero-order valence-corrected chi connectivity index (χ0v) is 12.0. The number of carboxylic acid groups (broad SMARTS) is 1. The van der Waals surface area contributed by atoms with Gasteiger partial charge in [0.05, 0.1) is 18.4 Å². The molecule has 1 heterocycles. The van der Waals surface area contributed by atoms with E-state index in [0.717, 1.165) is 0 Å². The van der Waals surface area contributed by atoms with Crippen LogP contribution in [0.5, 0.6) is 0 Å². The van der Waals surface area contributed by atoms with E-state index in [4.69, 9.17) is 5.11 Å². The molecule has 2 aliphatic rings. The highest BCUT2D eigenvalue weighted by molar-refractivity contribution is 5.89. The molecule has 0 aromatic rings. The minimum absolute atomic E-state index is 0.0530. The molecule has 2 fully saturated rings. The molecule has 2 N–H and O–H groups in total. The lowest BCUT2D eigenvalue weighted by atomic mass is 10.2. The van der Waals surface area contributed by atoms with Gasteiger partial charge in [-0.15, -0.1) is 6.58 Å². The van der Waals surface area contributed by atoms with Crippen LogP contribution < -0.4 is 5.32 Å². The highest BCUT2D eigenvalue weighted by atomic mass is 16.4. The highest BCUT2D eigenvalue weighted by Gasteiger charge is 2.49. The first kappa shape index (κ1) is 15.5. The van der Waals surface area contributed by atoms with Crippen LogP contribution in [-0.2, 0) is 14.4 Å². The Morgan fingerprint density at radius 3 is 2.38 bits per heavy atom. The Morgan fingerprint density at radius 1 is 1.19 bits per heavy atom. The van der Waals surface area contributed by atoms with Gasteiger partial charge >= 0.3 is 5.97 Å². The summed E-state index contributed by atoms with van der Waals surface area (Å²) in [5.74, 6) is -1.84. The van der Waals surface area contributed by atoms with Crippen molar-refractivity contribution in [2.75, 3.05) is 39.3 Å². The van der Waals surface area contributed by atoms with Gasteiger partial charge in [-0.2, -0.15) is 0 Å². The van der Waals surface area contributed by atoms with E-state index in [0.29, 0.717) is 45.7 Å². The SMILES string of the molecule is C=CCNC(=O)CN1CCN(C(=O)C2CC2C(=O)O)CC1. The highest BCUT2D eigenvalue weighted by Crippen LogP contribution is 2.40. The molecule has 7 heteroatoms. The molecule has 1 aliphatic heterocycles. The van der Waals surface area contributed by atoms with Crippen LogP contribution in [0.4, 0.5) is 0 Å². The number of nitrogens with one attached hydrogen (secondary N) is 1. The number of rotatable bonds is 6. The second-order valence-electron chi connectivity index (χ2n) is 5.48. The summed E-state index contributed by atoms with van der Waals surface area (Å²) in [5.41, 5.74) is 0. The number of aliphatic carboxylic acids is 1. The van der Waals surface area contributed by atoms with Gasteiger partial charge in [0.1, 0.15) is 0 Å². The van der Waals surface area contributed by atoms with Crippen molar-refractivity contribution in [2.45, 2.75) is 6.42 Å². The van der Waals surface area contributed by atoms with Gasteiger partial charge in [0, 0.05) is 32.7 Å². The van der Waals surface area contributed by atoms with Gasteiger partial charge in [-0.3, -0.25) is 19.3 Å². The van der Waals surface area contributed by atoms with Crippen LogP contribution in [0.3, 0.4) is 0 Å². The standard InChI is InChI=1S/C14H21N3O4/c1-2-3-15-12(18)9-16-4-6-17(7-5-16)13(19)10-8-11(10)14(20)21/h2,10-11H,1,3-9H2,(H,15,18)(H,20,21). The number of carbonyl (C=O) groups excluding carboxylic acids is 2. The van der Waals surface area contributed by atoms with Gasteiger partial charge in [0.2, 0.25) is 11.8 Å². The van der Waals surface area contributed by atoms with E-state index in [-0.39, 0.29) is 17.7 Å². The monoisotopic (exact) mass is 295 g/mol. The molecule has 0 bridgehead atoms. The second-order valence-corrected chi connectivity index (χ2v) is 5.48. The summed E-state index contributed by atoms with van der Waals surface area (Å²) in [6.45, 7) is 6.68. The number of nitrogens with zero attached hydrogens (tertiary/aromatic N) is 2. The van der Waals surface area contributed by atoms with Crippen molar-refractivity contribution in [3.63, 3.8) is 0 Å². The Bertz CT molecular complexity index is 444. The van der Waals surface area contributed by atoms with E-state index < -0.39 is 11.9 Å². The first-order chi connectivity index (χ1) is 10.0. The third-order valence-electron chi connectivity index (χ3n) is 3.92. The van der Waals surface area contributed by atoms with E-state index in [1.807, 2.05) is 4.90 Å². The predicted molar refractivity (Wildman–Crippen MR) is 75.5 cm³/mol. The van der Waals surface area contributed by atoms with E-state index in [2.05, 4.69) is 11.9 Å². The molecule has 2 rings (SSSR count). The zero-order valence-electron chi connectivity index (χ0n) is 12.0. The van der Waals surface area contributed by atoms with Crippen LogP contribution in [0.25, 0.3) is 0 Å². The third-order valence-corrected chi connectivity index (χ3v) is 3.92. The lowest BCUT2D eigenvalue weighted by molar-refractivity contribution is -0.142. The van der Waals surface area contributed by atoms with Crippen molar-refractivity contribution in [1.29, 1.82) is 0 Å². The van der Waals surface area contributed by atoms with E-state index >= 15 is 0 Å². The Balaban J connectivity index is 1.71. The molecule has 1 saturated heterocycles. The smallest absolute Gasteiger partial charge is 0.307 e. The molecule has 7 nitrogen and oxygen atoms in total. The Morgan fingerprint density at radius 2 is 1.86 bits per heavy atom. The fourth-order valence-corrected chi connectivity index (χ4v) is 2.55. The summed E-state index contributed by atoms with van der Waals surface area (Å²) in [4.78, 5) is 38.2. The first-order valence-corrected chi connectivity index (χ1v) is 7.14. The number of piperazine rings is 1. The molecule has 2 amide bonds. The quantitative estimate of drug-likeness (QED) is 0.623. The fourth-order valence-electron chi connectivity index (χ4n) is 2.55. The van der Waals surface area contributed by atoms with Crippen molar-refractivity contribution < 1.29 is 19.5 Å². The van der Waals surface area contributed by atoms with Crippen LogP contribution in [0.2, 0.25) is 0 Å². The average Bonchev–Trinajstić information content (AvgIpc) is 3.26. The summed E-state index contributed by atoms with van der Waals surface area (Å²) in [7, 11) is 0. The second kappa shape index (κ2) is 6.71. The topological polar surface area (TPSA) is 90.0 Å². The molecule has 0 radical (unpaired) electrons. The van der Waals surface area contributed by atoms with E-state index in [9.17, 15) is 14.4 Å². The largest absolute Gasteiger partial charge is 0.481 e. The molecule has 0 aromatic heterocycles. The van der Waals surface area contributed by atoms with Crippen molar-refractivity contribution in [3.8, 4) is 0 Å². The van der Waals surface area contributed by atoms with Crippen molar-refractivity contribution >= 4 is 17.8 Å². The summed E-state index contributed by atoms with van der Waals surface area (Å²) >= 11 is 0. The number of hydrogen-bond acceptors (Lipinski definition) is 4. The maximum absolute atomic E-state index is 12.1. The molecule has 116 valence electrons. The zero-order chi connectivity index (χ0) is 15.4. The van der Waals surface area contributed by atoms with Crippen LogP contribution in [0.15, 0.2) is 12.7 Å². The molecular formula is C14H21N3O4. The third kappa shape index (κ3) is 4.04. The van der Waals surface area contributed by atoms with Gasteiger partial charge < -0.3 is 15.3 Å². The molecule has 1 aliphatic carbocycles. The maximum atomic E-state index is 12.1. The number of amides is 2.